The van der Waals surface area contributed by atoms with Crippen LogP contribution in [0.4, 0.5) is 34.6 Å². The number of rotatable bonds is 7. The Morgan fingerprint density at radius 1 is 1.02 bits per heavy atom. The predicted molar refractivity (Wildman–Crippen MR) is 227 cm³/mol. The average molecular weight is 903 g/mol. The maximum Gasteiger partial charge on any atom is 0.433 e. The molecular formula is C45H43ClF4N8O6. The number of piperazine rings is 1. The van der Waals surface area contributed by atoms with E-state index in [1.165, 1.54) is 30.2 Å². The van der Waals surface area contributed by atoms with Crippen molar-refractivity contribution in [3.8, 4) is 5.75 Å². The van der Waals surface area contributed by atoms with Crippen molar-refractivity contribution in [3.05, 3.63) is 111 Å². The van der Waals surface area contributed by atoms with E-state index in [0.717, 1.165) is 23.5 Å². The molecule has 3 saturated heterocycles. The summed E-state index contributed by atoms with van der Waals surface area (Å²) in [5.74, 6) is -3.37. The fourth-order valence-corrected chi connectivity index (χ4v) is 10.5. The van der Waals surface area contributed by atoms with Gasteiger partial charge in [0.2, 0.25) is 17.7 Å². The lowest BCUT2D eigenvalue weighted by molar-refractivity contribution is -0.141. The first kappa shape index (κ1) is 43.0. The summed E-state index contributed by atoms with van der Waals surface area (Å²) in [7, 11) is 3.11. The lowest BCUT2D eigenvalue weighted by atomic mass is 9.65. The highest BCUT2D eigenvalue weighted by Gasteiger charge is 2.63. The first-order valence-electron chi connectivity index (χ1n) is 20.8. The van der Waals surface area contributed by atoms with Crippen LogP contribution in [0.25, 0.3) is 0 Å². The van der Waals surface area contributed by atoms with Crippen LogP contribution in [-0.4, -0.2) is 114 Å². The number of ether oxygens (including phenoxy) is 1. The molecule has 0 radical (unpaired) electrons. The first-order valence-corrected chi connectivity index (χ1v) is 21.2. The van der Waals surface area contributed by atoms with Crippen LogP contribution in [0.1, 0.15) is 68.8 Å². The van der Waals surface area contributed by atoms with Gasteiger partial charge in [-0.2, -0.15) is 13.2 Å². The molecule has 5 aliphatic rings. The molecule has 0 bridgehead atoms. The number of benzene rings is 3. The fraction of sp³-hybridized carbons (Fsp3) is 0.378. The molecule has 5 atom stereocenters. The Morgan fingerprint density at radius 2 is 1.78 bits per heavy atom. The van der Waals surface area contributed by atoms with E-state index in [1.54, 1.807) is 41.1 Å². The van der Waals surface area contributed by atoms with Gasteiger partial charge in [-0.05, 0) is 80.1 Å². The largest absolute Gasteiger partial charge is 0.495 e. The van der Waals surface area contributed by atoms with Crippen molar-refractivity contribution < 1.29 is 46.3 Å². The van der Waals surface area contributed by atoms with Gasteiger partial charge in [-0.15, -0.1) is 0 Å². The van der Waals surface area contributed by atoms with Crippen molar-refractivity contribution in [1.29, 1.82) is 0 Å². The number of imide groups is 1. The number of halogens is 5. The minimum atomic E-state index is -4.69. The standard InChI is InChI=1S/C45H43ClF4N8O6/c1-23-44(22-52-32-19-35(45(48,49)50)51-20-29(32)44)37(28-5-4-6-30(46)38(28)47)39(55(23)2)41(61)53-31-10-7-24(18-34(31)64-3)42(62)57-15-13-56(14-16-57)26-8-9-27-25(17-26)21-58(43(27)63)33-11-12-36(59)54-40(33)60/h4-10,17-20,23,33,37,39,52H,11-16,21-22H2,1-3H3,(H,53,61)(H,54,59,60)/t23-,33-,37-,39+,44+/m0/s1. The summed E-state index contributed by atoms with van der Waals surface area (Å²) < 4.78 is 62.9. The predicted octanol–water partition coefficient (Wildman–Crippen LogP) is 5.41. The molecule has 334 valence electrons. The van der Waals surface area contributed by atoms with Gasteiger partial charge in [-0.1, -0.05) is 23.7 Å². The summed E-state index contributed by atoms with van der Waals surface area (Å²) in [6.45, 7) is 3.96. The summed E-state index contributed by atoms with van der Waals surface area (Å²) in [6, 6.07) is 13.3. The molecule has 3 fully saturated rings. The Balaban J connectivity index is 0.908. The molecule has 5 aliphatic heterocycles. The Bertz CT molecular complexity index is 2620. The molecule has 5 amide bonds. The maximum atomic E-state index is 16.1. The molecule has 0 aliphatic carbocycles. The van der Waals surface area contributed by atoms with E-state index in [1.807, 2.05) is 19.1 Å². The normalized spacial score (nSPS) is 24.4. The molecule has 0 unspecified atom stereocenters. The number of hydrogen-bond donors (Lipinski definition) is 3. The van der Waals surface area contributed by atoms with Crippen molar-refractivity contribution >= 4 is 58.2 Å². The van der Waals surface area contributed by atoms with Crippen molar-refractivity contribution in [1.82, 2.24) is 25.0 Å². The average Bonchev–Trinajstić information content (AvgIpc) is 3.89. The van der Waals surface area contributed by atoms with Gasteiger partial charge in [-0.25, -0.2) is 4.39 Å². The highest BCUT2D eigenvalue weighted by Crippen LogP contribution is 2.57. The van der Waals surface area contributed by atoms with Crippen LogP contribution in [0.15, 0.2) is 66.9 Å². The zero-order chi connectivity index (χ0) is 45.4. The number of carbonyl (C=O) groups is 5. The van der Waals surface area contributed by atoms with Gasteiger partial charge < -0.3 is 30.1 Å². The van der Waals surface area contributed by atoms with Gasteiger partial charge in [0.1, 0.15) is 23.3 Å². The molecule has 19 heteroatoms. The van der Waals surface area contributed by atoms with Crippen LogP contribution in [0.2, 0.25) is 5.02 Å². The third kappa shape index (κ3) is 7.06. The lowest BCUT2D eigenvalue weighted by Crippen LogP contribution is -2.52. The van der Waals surface area contributed by atoms with Crippen molar-refractivity contribution in [3.63, 3.8) is 0 Å². The first-order chi connectivity index (χ1) is 30.5. The molecule has 1 aromatic heterocycles. The second-order valence-corrected chi connectivity index (χ2v) is 17.2. The Labute approximate surface area is 369 Å². The minimum Gasteiger partial charge on any atom is -0.495 e. The number of amides is 5. The van der Waals surface area contributed by atoms with Gasteiger partial charge >= 0.3 is 6.18 Å². The van der Waals surface area contributed by atoms with E-state index < -0.39 is 59.0 Å². The number of carbonyl (C=O) groups excluding carboxylic acids is 5. The van der Waals surface area contributed by atoms with E-state index in [0.29, 0.717) is 42.9 Å². The molecule has 3 aromatic carbocycles. The van der Waals surface area contributed by atoms with Crippen LogP contribution in [0.3, 0.4) is 0 Å². The minimum absolute atomic E-state index is 0.0885. The lowest BCUT2D eigenvalue weighted by Gasteiger charge is -2.36. The van der Waals surface area contributed by atoms with Gasteiger partial charge in [-0.3, -0.25) is 39.2 Å². The SMILES string of the molecule is COc1cc(C(=O)N2CCN(c3ccc4c(c3)CN([C@H]3CCC(=O)NC3=O)C4=O)CC2)ccc1NC(=O)[C@H]1[C@H](c2cccc(Cl)c2F)[C@]2(CNc3cc(C(F)(F)F)ncc32)[C@H](C)N1C. The van der Waals surface area contributed by atoms with Crippen molar-refractivity contribution in [2.75, 3.05) is 62.4 Å². The Morgan fingerprint density at radius 3 is 2.50 bits per heavy atom. The molecule has 9 rings (SSSR count). The monoisotopic (exact) mass is 902 g/mol. The molecule has 14 nitrogen and oxygen atoms in total. The summed E-state index contributed by atoms with van der Waals surface area (Å²) in [4.78, 5) is 76.7. The molecule has 1 spiro atoms. The summed E-state index contributed by atoms with van der Waals surface area (Å²) in [5, 5.41) is 8.17. The molecule has 6 heterocycles. The van der Waals surface area contributed by atoms with Crippen molar-refractivity contribution in [2.45, 2.75) is 61.9 Å². The highest BCUT2D eigenvalue weighted by molar-refractivity contribution is 6.30. The smallest absolute Gasteiger partial charge is 0.433 e. The Kier molecular flexibility index (Phi) is 10.8. The molecule has 64 heavy (non-hydrogen) atoms. The van der Waals surface area contributed by atoms with Crippen molar-refractivity contribution in [2.24, 2.45) is 0 Å². The summed E-state index contributed by atoms with van der Waals surface area (Å²) in [5.41, 5.74) is 1.27. The fourth-order valence-electron chi connectivity index (χ4n) is 10.3. The highest BCUT2D eigenvalue weighted by atomic mass is 35.5. The summed E-state index contributed by atoms with van der Waals surface area (Å²) >= 11 is 6.29. The topological polar surface area (TPSA) is 157 Å². The second kappa shape index (κ2) is 16.1. The third-order valence-electron chi connectivity index (χ3n) is 13.7. The number of aromatic nitrogens is 1. The molecule has 3 N–H and O–H groups in total. The number of hydrogen-bond acceptors (Lipinski definition) is 10. The van der Waals surface area contributed by atoms with Crippen LogP contribution in [0.5, 0.6) is 5.75 Å². The second-order valence-electron chi connectivity index (χ2n) is 16.8. The number of likely N-dealkylation sites (N-methyl/N-ethyl adjacent to an activating group) is 1. The van der Waals surface area contributed by atoms with Gasteiger partial charge in [0.05, 0.1) is 23.9 Å². The maximum absolute atomic E-state index is 16.1. The van der Waals surface area contributed by atoms with Crippen LogP contribution >= 0.6 is 11.6 Å². The van der Waals surface area contributed by atoms with E-state index >= 15 is 4.39 Å². The zero-order valence-corrected chi connectivity index (χ0v) is 35.6. The number of fused-ring (bicyclic) bond motifs is 3. The Hall–Kier alpha value is -6.27. The van der Waals surface area contributed by atoms with Gasteiger partial charge in [0.15, 0.2) is 0 Å². The molecule has 4 aromatic rings. The van der Waals surface area contributed by atoms with E-state index in [-0.39, 0.29) is 71.4 Å². The van der Waals surface area contributed by atoms with Gasteiger partial charge in [0.25, 0.3) is 11.8 Å². The quantitative estimate of drug-likeness (QED) is 0.162. The molecular weight excluding hydrogens is 860 g/mol. The number of anilines is 3. The number of piperidine rings is 1. The summed E-state index contributed by atoms with van der Waals surface area (Å²) in [6.07, 6.45) is -3.09. The van der Waals surface area contributed by atoms with Crippen LogP contribution < -0.4 is 25.6 Å². The van der Waals surface area contributed by atoms with Crippen LogP contribution in [0, 0.1) is 5.82 Å². The van der Waals surface area contributed by atoms with Crippen LogP contribution in [-0.2, 0) is 32.5 Å². The van der Waals surface area contributed by atoms with Gasteiger partial charge in [0, 0.05) is 97.3 Å². The third-order valence-corrected chi connectivity index (χ3v) is 14.0. The number of nitrogens with zero attached hydrogens (tertiary/aromatic N) is 5. The zero-order valence-electron chi connectivity index (χ0n) is 34.9. The van der Waals surface area contributed by atoms with E-state index in [4.69, 9.17) is 16.3 Å². The van der Waals surface area contributed by atoms with E-state index in [2.05, 4.69) is 25.8 Å². The number of nitrogens with one attached hydrogen (secondary N) is 3. The number of likely N-dealkylation sites (tertiary alicyclic amines) is 1. The number of alkyl halides is 3. The number of pyridine rings is 1. The molecule has 0 saturated carbocycles. The number of methoxy groups -OCH3 is 1. The van der Waals surface area contributed by atoms with E-state index in [9.17, 15) is 37.1 Å².